The molecule has 12 unspecified atom stereocenters. The molecule has 14 nitrogen and oxygen atoms in total. The summed E-state index contributed by atoms with van der Waals surface area (Å²) in [7, 11) is 0. The summed E-state index contributed by atoms with van der Waals surface area (Å²) in [5, 5.41) is 86.9. The maximum atomic E-state index is 13.2. The number of carbonyl (C=O) groups excluding carboxylic acids is 1. The van der Waals surface area contributed by atoms with Crippen molar-refractivity contribution >= 4 is 5.91 Å². The summed E-state index contributed by atoms with van der Waals surface area (Å²) < 4.78 is 22.7. The quantitative estimate of drug-likeness (QED) is 0.0206. The Morgan fingerprint density at radius 2 is 0.986 bits per heavy atom. The van der Waals surface area contributed by atoms with Crippen LogP contribution in [-0.4, -0.2) is 140 Å². The van der Waals surface area contributed by atoms with Crippen molar-refractivity contribution in [3.8, 4) is 0 Å². The second-order valence-electron chi connectivity index (χ2n) is 19.7. The van der Waals surface area contributed by atoms with Crippen LogP contribution in [0.4, 0.5) is 0 Å². The Labute approximate surface area is 428 Å². The normalized spacial score (nSPS) is 26.2. The molecule has 2 saturated heterocycles. The van der Waals surface area contributed by atoms with E-state index in [1.165, 1.54) is 103 Å². The fourth-order valence-corrected chi connectivity index (χ4v) is 8.91. The molecule has 2 aliphatic rings. The Morgan fingerprint density at radius 3 is 1.55 bits per heavy atom. The Morgan fingerprint density at radius 1 is 0.521 bits per heavy atom. The summed E-state index contributed by atoms with van der Waals surface area (Å²) in [5.41, 5.74) is 0. The number of amides is 1. The first-order valence-electron chi connectivity index (χ1n) is 28.0. The average molecular weight is 1010 g/mol. The monoisotopic (exact) mass is 1010 g/mol. The number of allylic oxidation sites excluding steroid dienone is 9. The van der Waals surface area contributed by atoms with Crippen LogP contribution in [0.2, 0.25) is 0 Å². The Bertz CT molecular complexity index is 1420. The van der Waals surface area contributed by atoms with Crippen LogP contribution in [0.3, 0.4) is 0 Å². The lowest BCUT2D eigenvalue weighted by Crippen LogP contribution is -2.65. The number of aliphatic hydroxyl groups is 8. The molecule has 2 aliphatic heterocycles. The molecule has 0 saturated carbocycles. The van der Waals surface area contributed by atoms with Crippen LogP contribution in [0, 0.1) is 0 Å². The van der Waals surface area contributed by atoms with E-state index in [0.717, 1.165) is 64.2 Å². The maximum Gasteiger partial charge on any atom is 0.220 e. The van der Waals surface area contributed by atoms with Gasteiger partial charge in [-0.15, -0.1) is 0 Å². The lowest BCUT2D eigenvalue weighted by Gasteiger charge is -2.46. The number of rotatable bonds is 43. The molecule has 0 bridgehead atoms. The Kier molecular flexibility index (Phi) is 39.2. The molecule has 0 aromatic heterocycles. The number of carbonyl (C=O) groups is 1. The van der Waals surface area contributed by atoms with Crippen LogP contribution in [0.25, 0.3) is 0 Å². The fraction of sp³-hybridized carbons (Fsp3) is 0.807. The van der Waals surface area contributed by atoms with Crippen LogP contribution in [0.1, 0.15) is 200 Å². The molecule has 0 aliphatic carbocycles. The topological polar surface area (TPSA) is 228 Å². The van der Waals surface area contributed by atoms with Crippen molar-refractivity contribution in [2.75, 3.05) is 19.8 Å². The van der Waals surface area contributed by atoms with Crippen LogP contribution < -0.4 is 5.32 Å². The van der Waals surface area contributed by atoms with Gasteiger partial charge in [-0.2, -0.15) is 0 Å². The molecule has 9 N–H and O–H groups in total. The van der Waals surface area contributed by atoms with Gasteiger partial charge in [0.15, 0.2) is 12.6 Å². The lowest BCUT2D eigenvalue weighted by atomic mass is 9.97. The third-order valence-corrected chi connectivity index (χ3v) is 13.4. The van der Waals surface area contributed by atoms with Gasteiger partial charge in [0.05, 0.1) is 32.0 Å². The lowest BCUT2D eigenvalue weighted by molar-refractivity contribution is -0.359. The molecule has 2 rings (SSSR count). The fourth-order valence-electron chi connectivity index (χ4n) is 8.91. The van der Waals surface area contributed by atoms with E-state index in [1.807, 2.05) is 6.08 Å². The molecule has 1 amide bonds. The van der Waals surface area contributed by atoms with E-state index in [0.29, 0.717) is 12.8 Å². The van der Waals surface area contributed by atoms with E-state index in [2.05, 4.69) is 67.8 Å². The zero-order valence-electron chi connectivity index (χ0n) is 43.9. The minimum Gasteiger partial charge on any atom is -0.394 e. The van der Waals surface area contributed by atoms with Crippen LogP contribution >= 0.6 is 0 Å². The number of hydrogen-bond acceptors (Lipinski definition) is 13. The molecular formula is C57H101NO13. The largest absolute Gasteiger partial charge is 0.394 e. The molecular weight excluding hydrogens is 907 g/mol. The van der Waals surface area contributed by atoms with Gasteiger partial charge in [-0.05, 0) is 64.2 Å². The van der Waals surface area contributed by atoms with Crippen molar-refractivity contribution in [3.05, 3.63) is 60.8 Å². The Balaban J connectivity index is 1.82. The van der Waals surface area contributed by atoms with Crippen LogP contribution in [0.15, 0.2) is 60.8 Å². The smallest absolute Gasteiger partial charge is 0.220 e. The first-order chi connectivity index (χ1) is 34.6. The molecule has 412 valence electrons. The highest BCUT2D eigenvalue weighted by Gasteiger charge is 2.51. The van der Waals surface area contributed by atoms with Gasteiger partial charge in [0, 0.05) is 6.42 Å². The number of aliphatic hydroxyl groups excluding tert-OH is 8. The first kappa shape index (κ1) is 64.8. The average Bonchev–Trinajstić information content (AvgIpc) is 3.37. The van der Waals surface area contributed by atoms with Crippen molar-refractivity contribution in [1.29, 1.82) is 0 Å². The highest BCUT2D eigenvalue weighted by Crippen LogP contribution is 2.30. The molecule has 2 fully saturated rings. The summed E-state index contributed by atoms with van der Waals surface area (Å²) in [6, 6.07) is -0.942. The second-order valence-corrected chi connectivity index (χ2v) is 19.7. The molecule has 71 heavy (non-hydrogen) atoms. The van der Waals surface area contributed by atoms with Gasteiger partial charge >= 0.3 is 0 Å². The SMILES string of the molecule is CC/C=C\C/C=C\C/C=C\CCCCCCCC(=O)NC(COC1OC(CO)C(OC2OC(CO)C(O)C(O)C2O)C(O)C1O)C(O)/C=C/CC/C=C/CCCCCCCCCCCCCCCCCC. The van der Waals surface area contributed by atoms with Crippen LogP contribution in [0.5, 0.6) is 0 Å². The standard InChI is InChI=1S/C57H101NO13/c1-3-5-7-9-11-13-15-17-19-20-21-22-23-24-25-27-28-30-32-34-36-38-40-46(61)45(58-49(62)41-39-37-35-33-31-29-26-18-16-14-12-10-8-6-4-2)44-68-56-54(67)52(65)55(48(43-60)70-56)71-57-53(66)51(64)50(63)47(42-59)69-57/h6,8,12,14,18,26,30,32,38,40,45-48,50-57,59-61,63-67H,3-5,7,9-11,13,15-17,19-25,27-29,31,33-37,39,41-44H2,1-2H3,(H,58,62)/b8-6-,14-12-,26-18-,32-30+,40-38+. The van der Waals surface area contributed by atoms with Gasteiger partial charge < -0.3 is 65.1 Å². The highest BCUT2D eigenvalue weighted by molar-refractivity contribution is 5.76. The van der Waals surface area contributed by atoms with E-state index < -0.39 is 86.8 Å². The molecule has 2 heterocycles. The molecule has 12 atom stereocenters. The third-order valence-electron chi connectivity index (χ3n) is 13.4. The summed E-state index contributed by atoms with van der Waals surface area (Å²) in [6.45, 7) is 2.65. The van der Waals surface area contributed by atoms with Crippen molar-refractivity contribution in [1.82, 2.24) is 5.32 Å². The van der Waals surface area contributed by atoms with Crippen molar-refractivity contribution < 1.29 is 64.6 Å². The summed E-state index contributed by atoms with van der Waals surface area (Å²) in [6.07, 6.45) is 36.9. The molecule has 14 heteroatoms. The third kappa shape index (κ3) is 29.4. The molecule has 0 aromatic rings. The zero-order chi connectivity index (χ0) is 51.7. The van der Waals surface area contributed by atoms with Gasteiger partial charge in [-0.25, -0.2) is 0 Å². The van der Waals surface area contributed by atoms with Crippen molar-refractivity contribution in [2.24, 2.45) is 0 Å². The number of ether oxygens (including phenoxy) is 4. The predicted octanol–water partition coefficient (Wildman–Crippen LogP) is 8.61. The Hall–Kier alpha value is -2.31. The number of hydrogen-bond donors (Lipinski definition) is 9. The van der Waals surface area contributed by atoms with E-state index >= 15 is 0 Å². The second kappa shape index (κ2) is 43.0. The summed E-state index contributed by atoms with van der Waals surface area (Å²) in [5.74, 6) is -0.268. The first-order valence-corrected chi connectivity index (χ1v) is 28.0. The van der Waals surface area contributed by atoms with Gasteiger partial charge in [0.2, 0.25) is 5.91 Å². The number of unbranched alkanes of at least 4 members (excludes halogenated alkanes) is 22. The van der Waals surface area contributed by atoms with Crippen LogP contribution in [-0.2, 0) is 23.7 Å². The maximum absolute atomic E-state index is 13.2. The highest BCUT2D eigenvalue weighted by atomic mass is 16.7. The zero-order valence-corrected chi connectivity index (χ0v) is 43.9. The van der Waals surface area contributed by atoms with E-state index in [-0.39, 0.29) is 18.9 Å². The summed E-state index contributed by atoms with van der Waals surface area (Å²) >= 11 is 0. The van der Waals surface area contributed by atoms with E-state index in [9.17, 15) is 45.6 Å². The predicted molar refractivity (Wildman–Crippen MR) is 281 cm³/mol. The van der Waals surface area contributed by atoms with Gasteiger partial charge in [-0.3, -0.25) is 4.79 Å². The molecule has 0 spiro atoms. The minimum absolute atomic E-state index is 0.252. The van der Waals surface area contributed by atoms with E-state index in [4.69, 9.17) is 18.9 Å². The van der Waals surface area contributed by atoms with E-state index in [1.54, 1.807) is 6.08 Å². The van der Waals surface area contributed by atoms with Crippen molar-refractivity contribution in [2.45, 2.75) is 274 Å². The van der Waals surface area contributed by atoms with Gasteiger partial charge in [-0.1, -0.05) is 190 Å². The molecule has 0 radical (unpaired) electrons. The van der Waals surface area contributed by atoms with Gasteiger partial charge in [0.1, 0.15) is 48.8 Å². The number of nitrogens with one attached hydrogen (secondary N) is 1. The minimum atomic E-state index is -1.79. The van der Waals surface area contributed by atoms with Crippen molar-refractivity contribution in [3.63, 3.8) is 0 Å². The van der Waals surface area contributed by atoms with Gasteiger partial charge in [0.25, 0.3) is 0 Å². The molecule has 0 aromatic carbocycles. The summed E-state index contributed by atoms with van der Waals surface area (Å²) in [4.78, 5) is 13.2.